The molecule has 0 aliphatic carbocycles. The second-order valence-corrected chi connectivity index (χ2v) is 12.1. The number of hydrogen-bond donors (Lipinski definition) is 1. The minimum Gasteiger partial charge on any atom is -0.497 e. The van der Waals surface area contributed by atoms with E-state index in [-0.39, 0.29) is 23.8 Å². The molecule has 206 valence electrons. The zero-order valence-electron chi connectivity index (χ0n) is 23.1. The first kappa shape index (κ1) is 29.4. The van der Waals surface area contributed by atoms with E-state index >= 15 is 0 Å². The monoisotopic (exact) mass is 542 g/mol. The van der Waals surface area contributed by atoms with Crippen LogP contribution in [0.1, 0.15) is 30.4 Å². The third-order valence-corrected chi connectivity index (χ3v) is 8.94. The number of ether oxygens (including phenoxy) is 1. The number of hydrogen-bond acceptors (Lipinski definition) is 7. The number of aromatic nitrogens is 1. The summed E-state index contributed by atoms with van der Waals surface area (Å²) >= 11 is 0. The van der Waals surface area contributed by atoms with Crippen molar-refractivity contribution in [2.24, 2.45) is 5.92 Å². The van der Waals surface area contributed by atoms with E-state index in [1.54, 1.807) is 38.2 Å². The molecule has 2 aromatic rings. The Bertz CT molecular complexity index is 1270. The molecule has 10 nitrogen and oxygen atoms in total. The largest absolute Gasteiger partial charge is 0.497 e. The minimum atomic E-state index is -3.80. The van der Waals surface area contributed by atoms with Crippen LogP contribution >= 0.6 is 0 Å². The first-order valence-corrected chi connectivity index (χ1v) is 14.1. The Labute approximate surface area is 226 Å². The van der Waals surface area contributed by atoms with E-state index in [9.17, 15) is 13.2 Å². The van der Waals surface area contributed by atoms with Crippen LogP contribution in [0.3, 0.4) is 0 Å². The molecule has 1 amide bonds. The molecule has 3 rings (SSSR count). The topological polar surface area (TPSA) is 99.4 Å². The zero-order valence-corrected chi connectivity index (χ0v) is 23.9. The second-order valence-electron chi connectivity index (χ2n) is 10.1. The highest BCUT2D eigenvalue weighted by atomic mass is 32.2. The predicted octanol–water partition coefficient (Wildman–Crippen LogP) is 3.69. The number of anilines is 2. The molecule has 1 aliphatic heterocycles. The van der Waals surface area contributed by atoms with Crippen LogP contribution in [-0.2, 0) is 14.8 Å². The first-order chi connectivity index (χ1) is 18.0. The quantitative estimate of drug-likeness (QED) is 0.457. The third-order valence-electron chi connectivity index (χ3n) is 6.78. The van der Waals surface area contributed by atoms with E-state index < -0.39 is 10.0 Å². The average Bonchev–Trinajstić information content (AvgIpc) is 2.86. The van der Waals surface area contributed by atoms with Crippen LogP contribution in [0.2, 0.25) is 0 Å². The molecule has 0 atom stereocenters. The average molecular weight is 543 g/mol. The molecule has 2 heterocycles. The Morgan fingerprint density at radius 1 is 1.18 bits per heavy atom. The number of sulfonamides is 1. The summed E-state index contributed by atoms with van der Waals surface area (Å²) in [7, 11) is 3.36. The first-order valence-electron chi connectivity index (χ1n) is 12.6. The van der Waals surface area contributed by atoms with Gasteiger partial charge in [-0.05, 0) is 76.0 Å². The lowest BCUT2D eigenvalue weighted by Gasteiger charge is -2.34. The molecular formula is C27H38N6O4S. The van der Waals surface area contributed by atoms with Gasteiger partial charge in [-0.15, -0.1) is 0 Å². The summed E-state index contributed by atoms with van der Waals surface area (Å²) in [6.45, 7) is 13.8. The van der Waals surface area contributed by atoms with Crippen molar-refractivity contribution in [2.75, 3.05) is 64.6 Å². The molecule has 1 aromatic carbocycles. The highest BCUT2D eigenvalue weighted by Gasteiger charge is 2.26. The lowest BCUT2D eigenvalue weighted by Crippen LogP contribution is -2.37. The van der Waals surface area contributed by atoms with E-state index in [1.807, 2.05) is 0 Å². The standard InChI is InChI=1S/C27H38N6O4S/c1-19-14-23(37-7)15-20(2)26(19)38(35,36)32(6)11-10-25(34)30-22-16-24(28-3)27(29-17-22)33-12-8-21(9-13-33)18-31(4)5/h14-17,21H,8-13,18H2,1-2,4-7H3,(H,30,34). The minimum absolute atomic E-state index is 0.00214. The molecule has 0 saturated carbocycles. The van der Waals surface area contributed by atoms with Crippen LogP contribution in [0.4, 0.5) is 17.2 Å². The van der Waals surface area contributed by atoms with Gasteiger partial charge in [0.15, 0.2) is 0 Å². The second kappa shape index (κ2) is 12.6. The lowest BCUT2D eigenvalue weighted by molar-refractivity contribution is -0.116. The molecule has 1 aromatic heterocycles. The molecule has 1 aliphatic rings. The van der Waals surface area contributed by atoms with Gasteiger partial charge in [0, 0.05) is 51.5 Å². The van der Waals surface area contributed by atoms with Gasteiger partial charge in [0.25, 0.3) is 0 Å². The van der Waals surface area contributed by atoms with Gasteiger partial charge in [-0.25, -0.2) is 22.6 Å². The van der Waals surface area contributed by atoms with Crippen LogP contribution in [0.5, 0.6) is 5.75 Å². The van der Waals surface area contributed by atoms with Crippen LogP contribution in [0, 0.1) is 26.3 Å². The Kier molecular flexibility index (Phi) is 9.71. The lowest BCUT2D eigenvalue weighted by atomic mass is 9.96. The summed E-state index contributed by atoms with van der Waals surface area (Å²) in [5.74, 6) is 1.51. The van der Waals surface area contributed by atoms with Crippen molar-refractivity contribution in [2.45, 2.75) is 38.0 Å². The molecule has 1 fully saturated rings. The van der Waals surface area contributed by atoms with Crippen molar-refractivity contribution in [1.82, 2.24) is 14.2 Å². The highest BCUT2D eigenvalue weighted by molar-refractivity contribution is 7.89. The van der Waals surface area contributed by atoms with Crippen molar-refractivity contribution in [3.8, 4) is 5.75 Å². The van der Waals surface area contributed by atoms with Crippen LogP contribution < -0.4 is 15.0 Å². The maximum absolute atomic E-state index is 13.2. The van der Waals surface area contributed by atoms with Crippen molar-refractivity contribution >= 4 is 33.1 Å². The number of carbonyl (C=O) groups excluding carboxylic acids is 1. The molecule has 1 saturated heterocycles. The molecule has 0 bridgehead atoms. The normalized spacial score (nSPS) is 14.6. The van der Waals surface area contributed by atoms with Crippen LogP contribution in [-0.4, -0.2) is 82.9 Å². The molecule has 11 heteroatoms. The fourth-order valence-electron chi connectivity index (χ4n) is 4.88. The Morgan fingerprint density at radius 3 is 2.37 bits per heavy atom. The number of nitrogens with zero attached hydrogens (tertiary/aromatic N) is 5. The van der Waals surface area contributed by atoms with E-state index in [1.165, 1.54) is 18.5 Å². The van der Waals surface area contributed by atoms with Gasteiger partial charge in [0.2, 0.25) is 21.6 Å². The Balaban J connectivity index is 1.61. The van der Waals surface area contributed by atoms with Gasteiger partial charge in [0.1, 0.15) is 11.6 Å². The fourth-order valence-corrected chi connectivity index (χ4v) is 6.45. The molecule has 0 radical (unpaired) electrons. The van der Waals surface area contributed by atoms with E-state index in [0.29, 0.717) is 40.0 Å². The third kappa shape index (κ3) is 7.01. The van der Waals surface area contributed by atoms with Crippen LogP contribution in [0.15, 0.2) is 29.3 Å². The van der Waals surface area contributed by atoms with Gasteiger partial charge in [-0.3, -0.25) is 4.79 Å². The summed E-state index contributed by atoms with van der Waals surface area (Å²) in [5.41, 5.74) is 1.97. The molecule has 1 N–H and O–H groups in total. The van der Waals surface area contributed by atoms with Crippen molar-refractivity contribution < 1.29 is 17.9 Å². The van der Waals surface area contributed by atoms with Crippen molar-refractivity contribution in [3.05, 3.63) is 46.9 Å². The zero-order chi connectivity index (χ0) is 28.0. The smallest absolute Gasteiger partial charge is 0.243 e. The van der Waals surface area contributed by atoms with Gasteiger partial charge in [0.05, 0.1) is 18.6 Å². The maximum atomic E-state index is 13.2. The summed E-state index contributed by atoms with van der Waals surface area (Å²) in [4.78, 5) is 25.3. The summed E-state index contributed by atoms with van der Waals surface area (Å²) < 4.78 is 32.8. The highest BCUT2D eigenvalue weighted by Crippen LogP contribution is 2.32. The maximum Gasteiger partial charge on any atom is 0.243 e. The number of piperidine rings is 1. The molecular weight excluding hydrogens is 504 g/mol. The number of aryl methyl sites for hydroxylation is 2. The molecule has 38 heavy (non-hydrogen) atoms. The van der Waals surface area contributed by atoms with Crippen LogP contribution in [0.25, 0.3) is 4.85 Å². The number of methoxy groups -OCH3 is 1. The number of amides is 1. The number of rotatable bonds is 10. The summed E-state index contributed by atoms with van der Waals surface area (Å²) in [5, 5.41) is 2.75. The van der Waals surface area contributed by atoms with Gasteiger partial charge in [-0.2, -0.15) is 0 Å². The van der Waals surface area contributed by atoms with Gasteiger partial charge in [-0.1, -0.05) is 0 Å². The fraction of sp³-hybridized carbons (Fsp3) is 0.519. The van der Waals surface area contributed by atoms with Gasteiger partial charge >= 0.3 is 0 Å². The predicted molar refractivity (Wildman–Crippen MR) is 150 cm³/mol. The summed E-state index contributed by atoms with van der Waals surface area (Å²) in [6, 6.07) is 4.99. The number of carbonyl (C=O) groups is 1. The number of nitrogens with one attached hydrogen (secondary N) is 1. The number of benzene rings is 1. The SMILES string of the molecule is [C-]#[N+]c1cc(NC(=O)CCN(C)S(=O)(=O)c2c(C)cc(OC)cc2C)cnc1N1CCC(CN(C)C)CC1. The van der Waals surface area contributed by atoms with Crippen molar-refractivity contribution in [1.29, 1.82) is 0 Å². The summed E-state index contributed by atoms with van der Waals surface area (Å²) in [6.07, 6.45) is 3.60. The molecule has 0 unspecified atom stereocenters. The molecule has 0 spiro atoms. The number of pyridine rings is 1. The Hall–Kier alpha value is -3.20. The van der Waals surface area contributed by atoms with E-state index in [2.05, 4.69) is 39.0 Å². The van der Waals surface area contributed by atoms with E-state index in [4.69, 9.17) is 11.3 Å². The van der Waals surface area contributed by atoms with E-state index in [0.717, 1.165) is 32.5 Å². The van der Waals surface area contributed by atoms with Crippen molar-refractivity contribution in [3.63, 3.8) is 0 Å². The van der Waals surface area contributed by atoms with Gasteiger partial charge < -0.3 is 19.9 Å². The Morgan fingerprint density at radius 2 is 1.82 bits per heavy atom.